The third kappa shape index (κ3) is 8.82. The van der Waals surface area contributed by atoms with E-state index >= 15 is 0 Å². The van der Waals surface area contributed by atoms with Crippen LogP contribution in [0.5, 0.6) is 0 Å². The van der Waals surface area contributed by atoms with Gasteiger partial charge in [0.25, 0.3) is 0 Å². The minimum absolute atomic E-state index is 0.146. The van der Waals surface area contributed by atoms with Gasteiger partial charge in [-0.05, 0) is 58.1 Å². The number of imidazole rings is 1. The van der Waals surface area contributed by atoms with Gasteiger partial charge in [-0.1, -0.05) is 50.0 Å². The predicted octanol–water partition coefficient (Wildman–Crippen LogP) is 6.78. The molecule has 0 spiro atoms. The number of carbonyl (C=O) groups excluding carboxylic acids is 2. The normalized spacial score (nSPS) is 18.5. The molecule has 0 unspecified atom stereocenters. The zero-order valence-corrected chi connectivity index (χ0v) is 26.7. The van der Waals surface area contributed by atoms with Gasteiger partial charge in [0, 0.05) is 52.1 Å². The average Bonchev–Trinajstić information content (AvgIpc) is 3.56. The highest BCUT2D eigenvalue weighted by molar-refractivity contribution is 6.76. The first-order valence-corrected chi connectivity index (χ1v) is 18.7. The van der Waals surface area contributed by atoms with E-state index in [1.165, 1.54) is 0 Å². The van der Waals surface area contributed by atoms with Crippen molar-refractivity contribution in [2.75, 3.05) is 26.2 Å². The summed E-state index contributed by atoms with van der Waals surface area (Å²) in [6.07, 6.45) is 4.79. The van der Waals surface area contributed by atoms with Crippen LogP contribution in [0.3, 0.4) is 0 Å². The average molecular weight is 585 g/mol. The summed E-state index contributed by atoms with van der Waals surface area (Å²) >= 11 is 0. The molecule has 3 heterocycles. The van der Waals surface area contributed by atoms with Crippen LogP contribution >= 0.6 is 0 Å². The molecular weight excluding hydrogens is 536 g/mol. The van der Waals surface area contributed by atoms with E-state index in [0.29, 0.717) is 33.0 Å². The van der Waals surface area contributed by atoms with E-state index in [2.05, 4.69) is 24.2 Å². The number of ether oxygens (including phenoxy) is 3. The lowest BCUT2D eigenvalue weighted by molar-refractivity contribution is 0.0202. The fourth-order valence-corrected chi connectivity index (χ4v) is 6.17. The van der Waals surface area contributed by atoms with Crippen molar-refractivity contribution in [3.8, 4) is 0 Å². The Hall–Kier alpha value is -2.85. The zero-order chi connectivity index (χ0) is 29.6. The van der Waals surface area contributed by atoms with Gasteiger partial charge in [0.1, 0.15) is 24.8 Å². The number of hydrogen-bond donors (Lipinski definition) is 0. The maximum absolute atomic E-state index is 13.1. The maximum atomic E-state index is 13.1. The zero-order valence-electron chi connectivity index (χ0n) is 25.7. The van der Waals surface area contributed by atoms with Gasteiger partial charge in [-0.15, -0.1) is 0 Å². The summed E-state index contributed by atoms with van der Waals surface area (Å²) in [6, 6.07) is 10.7. The molecule has 9 nitrogen and oxygen atoms in total. The summed E-state index contributed by atoms with van der Waals surface area (Å²) in [4.78, 5) is 34.3. The van der Waals surface area contributed by atoms with Crippen LogP contribution in [0.1, 0.15) is 75.5 Å². The van der Waals surface area contributed by atoms with Crippen molar-refractivity contribution in [2.24, 2.45) is 0 Å². The Morgan fingerprint density at radius 1 is 1.00 bits per heavy atom. The highest BCUT2D eigenvalue weighted by atomic mass is 28.3. The summed E-state index contributed by atoms with van der Waals surface area (Å²) in [5.74, 6) is 1.10. The number of carbonyl (C=O) groups is 2. The third-order valence-electron chi connectivity index (χ3n) is 7.69. The molecule has 1 aromatic carbocycles. The molecule has 226 valence electrons. The number of likely N-dealkylation sites (tertiary alicyclic amines) is 2. The Labute approximate surface area is 246 Å². The lowest BCUT2D eigenvalue weighted by atomic mass is 9.94. The van der Waals surface area contributed by atoms with Crippen LogP contribution in [-0.4, -0.2) is 71.5 Å². The van der Waals surface area contributed by atoms with Crippen LogP contribution < -0.4 is 0 Å². The van der Waals surface area contributed by atoms with Crippen molar-refractivity contribution in [1.29, 1.82) is 0 Å². The number of rotatable bonds is 9. The quantitative estimate of drug-likeness (QED) is 0.238. The number of amides is 2. The molecule has 0 aliphatic carbocycles. The molecule has 41 heavy (non-hydrogen) atoms. The maximum Gasteiger partial charge on any atom is 0.410 e. The SMILES string of the molecule is CC(C)(C)OC(=O)N1CCC[C@@H]1c1ncc(C2CCN(C(=O)OCc3ccccc3)CC2)n1COCC[Si](C)(C)C. The van der Waals surface area contributed by atoms with E-state index in [0.717, 1.165) is 48.8 Å². The third-order valence-corrected chi connectivity index (χ3v) is 9.39. The topological polar surface area (TPSA) is 86.1 Å². The van der Waals surface area contributed by atoms with Crippen molar-refractivity contribution in [1.82, 2.24) is 19.4 Å². The van der Waals surface area contributed by atoms with E-state index in [9.17, 15) is 9.59 Å². The van der Waals surface area contributed by atoms with Crippen LogP contribution in [0.4, 0.5) is 9.59 Å². The predicted molar refractivity (Wildman–Crippen MR) is 161 cm³/mol. The lowest BCUT2D eigenvalue weighted by Gasteiger charge is -2.32. The lowest BCUT2D eigenvalue weighted by Crippen LogP contribution is -2.39. The Morgan fingerprint density at radius 2 is 1.71 bits per heavy atom. The Balaban J connectivity index is 1.45. The van der Waals surface area contributed by atoms with E-state index in [1.807, 2.05) is 62.2 Å². The van der Waals surface area contributed by atoms with Crippen LogP contribution in [0.2, 0.25) is 25.7 Å². The van der Waals surface area contributed by atoms with Crippen molar-refractivity contribution in [2.45, 2.75) is 103 Å². The van der Waals surface area contributed by atoms with Crippen LogP contribution in [-0.2, 0) is 27.5 Å². The van der Waals surface area contributed by atoms with Gasteiger partial charge in [-0.2, -0.15) is 0 Å². The summed E-state index contributed by atoms with van der Waals surface area (Å²) in [7, 11) is -1.23. The second kappa shape index (κ2) is 13.4. The molecule has 0 N–H and O–H groups in total. The van der Waals surface area contributed by atoms with Gasteiger partial charge < -0.3 is 23.7 Å². The molecule has 1 aromatic heterocycles. The molecule has 10 heteroatoms. The molecule has 2 aliphatic heterocycles. The molecule has 2 aromatic rings. The van der Waals surface area contributed by atoms with E-state index in [-0.39, 0.29) is 30.8 Å². The molecule has 1 atom stereocenters. The first-order valence-electron chi connectivity index (χ1n) is 15.0. The fraction of sp³-hybridized carbons (Fsp3) is 0.645. The van der Waals surface area contributed by atoms with Crippen LogP contribution in [0.15, 0.2) is 36.5 Å². The molecule has 4 rings (SSSR count). The molecule has 0 saturated carbocycles. The van der Waals surface area contributed by atoms with E-state index < -0.39 is 13.7 Å². The van der Waals surface area contributed by atoms with Crippen molar-refractivity contribution >= 4 is 20.3 Å². The van der Waals surface area contributed by atoms with E-state index in [4.69, 9.17) is 19.2 Å². The van der Waals surface area contributed by atoms with Crippen molar-refractivity contribution < 1.29 is 23.8 Å². The molecule has 0 bridgehead atoms. The summed E-state index contributed by atoms with van der Waals surface area (Å²) in [5.41, 5.74) is 1.54. The Kier molecular flexibility index (Phi) is 10.2. The first kappa shape index (κ1) is 31.1. The highest BCUT2D eigenvalue weighted by Crippen LogP contribution is 2.36. The van der Waals surface area contributed by atoms with E-state index in [1.54, 1.807) is 4.90 Å². The molecule has 2 saturated heterocycles. The van der Waals surface area contributed by atoms with Crippen molar-refractivity contribution in [3.63, 3.8) is 0 Å². The minimum Gasteiger partial charge on any atom is -0.445 e. The number of hydrogen-bond acceptors (Lipinski definition) is 6. The molecule has 2 fully saturated rings. The Bertz CT molecular complexity index is 1150. The summed E-state index contributed by atoms with van der Waals surface area (Å²) in [5, 5.41) is 0. The number of piperidine rings is 1. The number of nitrogens with zero attached hydrogens (tertiary/aromatic N) is 4. The van der Waals surface area contributed by atoms with Gasteiger partial charge >= 0.3 is 12.2 Å². The number of aromatic nitrogens is 2. The van der Waals surface area contributed by atoms with Gasteiger partial charge in [-0.3, -0.25) is 4.90 Å². The van der Waals surface area contributed by atoms with Crippen molar-refractivity contribution in [3.05, 3.63) is 53.6 Å². The summed E-state index contributed by atoms with van der Waals surface area (Å²) < 4.78 is 19.7. The van der Waals surface area contributed by atoms with Crippen LogP contribution in [0.25, 0.3) is 0 Å². The highest BCUT2D eigenvalue weighted by Gasteiger charge is 2.37. The molecular formula is C31H48N4O5Si. The second-order valence-electron chi connectivity index (χ2n) is 13.5. The standard InChI is InChI=1S/C31H48N4O5Si/c1-31(2,3)40-30(37)34-16-10-13-26(34)28-32-21-27(35(28)23-38-19-20-41(4,5)6)25-14-17-33(18-15-25)29(36)39-22-24-11-8-7-9-12-24/h7-9,11-12,21,25-26H,10,13-20,22-23H2,1-6H3/t26-/m1/s1. The summed E-state index contributed by atoms with van der Waals surface area (Å²) in [6.45, 7) is 16.0. The van der Waals surface area contributed by atoms with Crippen LogP contribution in [0, 0.1) is 0 Å². The second-order valence-corrected chi connectivity index (χ2v) is 19.1. The molecule has 2 amide bonds. The first-order chi connectivity index (χ1) is 19.4. The van der Waals surface area contributed by atoms with Gasteiger partial charge in [0.05, 0.1) is 6.04 Å². The molecule has 2 aliphatic rings. The monoisotopic (exact) mass is 584 g/mol. The smallest absolute Gasteiger partial charge is 0.410 e. The largest absolute Gasteiger partial charge is 0.445 e. The molecule has 0 radical (unpaired) electrons. The van der Waals surface area contributed by atoms with Gasteiger partial charge in [0.15, 0.2) is 0 Å². The number of benzene rings is 1. The fourth-order valence-electron chi connectivity index (χ4n) is 5.41. The van der Waals surface area contributed by atoms with Gasteiger partial charge in [-0.25, -0.2) is 14.6 Å². The minimum atomic E-state index is -1.23. The Morgan fingerprint density at radius 3 is 2.37 bits per heavy atom. The van der Waals surface area contributed by atoms with Gasteiger partial charge in [0.2, 0.25) is 0 Å².